The van der Waals surface area contributed by atoms with Crippen LogP contribution in [-0.2, 0) is 17.0 Å². The summed E-state index contributed by atoms with van der Waals surface area (Å²) < 4.78 is 0. The van der Waals surface area contributed by atoms with Gasteiger partial charge in [-0.2, -0.15) is 0 Å². The number of aliphatic carboxylic acids is 1. The van der Waals surface area contributed by atoms with Crippen molar-refractivity contribution in [1.29, 1.82) is 0 Å². The van der Waals surface area contributed by atoms with Gasteiger partial charge in [0.25, 0.3) is 5.56 Å². The van der Waals surface area contributed by atoms with Crippen molar-refractivity contribution < 1.29 is 9.90 Å². The summed E-state index contributed by atoms with van der Waals surface area (Å²) in [5.74, 6) is -0.258. The summed E-state index contributed by atoms with van der Waals surface area (Å²) in [7, 11) is 0. The number of nitrogens with one attached hydrogen (secondary N) is 1. The summed E-state index contributed by atoms with van der Waals surface area (Å²) in [6.45, 7) is 2.00. The van der Waals surface area contributed by atoms with E-state index in [0.717, 1.165) is 10.5 Å². The highest BCUT2D eigenvalue weighted by Gasteiger charge is 2.12. The summed E-state index contributed by atoms with van der Waals surface area (Å²) in [5, 5.41) is 8.72. The van der Waals surface area contributed by atoms with Crippen LogP contribution in [0.3, 0.4) is 0 Å². The lowest BCUT2D eigenvalue weighted by atomic mass is 10.2. The summed E-state index contributed by atoms with van der Waals surface area (Å²) in [6, 6.07) is 7.96. The van der Waals surface area contributed by atoms with Gasteiger partial charge < -0.3 is 15.8 Å². The van der Waals surface area contributed by atoms with E-state index in [0.29, 0.717) is 11.6 Å². The van der Waals surface area contributed by atoms with E-state index in [2.05, 4.69) is 9.97 Å². The molecule has 0 spiro atoms. The Kier molecular flexibility index (Phi) is 4.64. The molecular weight excluding hydrogens is 290 g/mol. The molecular formula is C14H15N3O3S. The lowest BCUT2D eigenvalue weighted by molar-refractivity contribution is -0.136. The maximum atomic E-state index is 11.8. The number of thioether (sulfide) groups is 1. The van der Waals surface area contributed by atoms with E-state index in [1.807, 2.05) is 31.2 Å². The topological polar surface area (TPSA) is 109 Å². The molecule has 2 rings (SSSR count). The molecule has 0 atom stereocenters. The molecule has 0 aliphatic carbocycles. The number of carboxylic acids is 1. The first kappa shape index (κ1) is 15.1. The molecule has 4 N–H and O–H groups in total. The quantitative estimate of drug-likeness (QED) is 0.724. The molecule has 6 nitrogen and oxygen atoms in total. The van der Waals surface area contributed by atoms with Crippen molar-refractivity contribution in [3.8, 4) is 0 Å². The highest BCUT2D eigenvalue weighted by Crippen LogP contribution is 2.22. The molecule has 0 fully saturated rings. The van der Waals surface area contributed by atoms with Crippen molar-refractivity contribution in [2.75, 3.05) is 5.73 Å². The minimum absolute atomic E-state index is 0.00759. The van der Waals surface area contributed by atoms with Gasteiger partial charge in [0.05, 0.1) is 17.7 Å². The number of hydrogen-bond donors (Lipinski definition) is 3. The largest absolute Gasteiger partial charge is 0.481 e. The van der Waals surface area contributed by atoms with Crippen LogP contribution >= 0.6 is 11.8 Å². The lowest BCUT2D eigenvalue weighted by Gasteiger charge is -2.06. The fourth-order valence-electron chi connectivity index (χ4n) is 1.81. The molecule has 0 amide bonds. The Labute approximate surface area is 125 Å². The van der Waals surface area contributed by atoms with Crippen molar-refractivity contribution in [2.45, 2.75) is 24.0 Å². The Morgan fingerprint density at radius 2 is 2.24 bits per heavy atom. The standard InChI is InChI=1S/C14H15N3O3S/c1-8-3-2-4-9(5-8)21-7-11-16-13(15)10(6-12(18)19)14(20)17-11/h2-5H,6-7H2,1H3,(H,18,19)(H3,15,16,17,20). The molecule has 0 radical (unpaired) electrons. The van der Waals surface area contributed by atoms with Crippen molar-refractivity contribution in [2.24, 2.45) is 0 Å². The highest BCUT2D eigenvalue weighted by molar-refractivity contribution is 7.98. The summed E-state index contributed by atoms with van der Waals surface area (Å²) >= 11 is 1.52. The predicted octanol–water partition coefficient (Wildman–Crippen LogP) is 1.58. The zero-order valence-electron chi connectivity index (χ0n) is 11.4. The normalized spacial score (nSPS) is 10.5. The first-order valence-corrected chi connectivity index (χ1v) is 7.23. The van der Waals surface area contributed by atoms with Gasteiger partial charge in [0, 0.05) is 4.90 Å². The number of aromatic nitrogens is 2. The number of aryl methyl sites for hydroxylation is 1. The Hall–Kier alpha value is -2.28. The SMILES string of the molecule is Cc1cccc(SCc2nc(N)c(CC(=O)O)c(=O)[nH]2)c1. The Morgan fingerprint density at radius 3 is 2.86 bits per heavy atom. The fourth-order valence-corrected chi connectivity index (χ4v) is 2.70. The van der Waals surface area contributed by atoms with E-state index in [-0.39, 0.29) is 11.4 Å². The van der Waals surface area contributed by atoms with Gasteiger partial charge in [0.2, 0.25) is 0 Å². The number of rotatable bonds is 5. The molecule has 1 heterocycles. The summed E-state index contributed by atoms with van der Waals surface area (Å²) in [4.78, 5) is 30.2. The van der Waals surface area contributed by atoms with Crippen molar-refractivity contribution in [1.82, 2.24) is 9.97 Å². The number of nitrogens with two attached hydrogens (primary N) is 1. The highest BCUT2D eigenvalue weighted by atomic mass is 32.2. The second-order valence-electron chi connectivity index (χ2n) is 4.55. The summed E-state index contributed by atoms with van der Waals surface area (Å²) in [6.07, 6.45) is -0.431. The molecule has 0 saturated carbocycles. The fraction of sp³-hybridized carbons (Fsp3) is 0.214. The summed E-state index contributed by atoms with van der Waals surface area (Å²) in [5.41, 5.74) is 6.31. The molecule has 0 aliphatic heterocycles. The first-order chi connectivity index (χ1) is 9.95. The van der Waals surface area contributed by atoms with Crippen LogP contribution < -0.4 is 11.3 Å². The molecule has 2 aromatic rings. The second kappa shape index (κ2) is 6.45. The van der Waals surface area contributed by atoms with Gasteiger partial charge in [-0.3, -0.25) is 9.59 Å². The van der Waals surface area contributed by atoms with Crippen LogP contribution in [0.1, 0.15) is 17.0 Å². The number of aromatic amines is 1. The molecule has 1 aromatic carbocycles. The zero-order valence-corrected chi connectivity index (χ0v) is 12.2. The Balaban J connectivity index is 2.15. The number of carboxylic acid groups (broad SMARTS) is 1. The minimum atomic E-state index is -1.11. The number of nitrogens with zero attached hydrogens (tertiary/aromatic N) is 1. The molecule has 110 valence electrons. The Morgan fingerprint density at radius 1 is 1.48 bits per heavy atom. The van der Waals surface area contributed by atoms with Crippen LogP contribution in [-0.4, -0.2) is 21.0 Å². The van der Waals surface area contributed by atoms with E-state index in [4.69, 9.17) is 10.8 Å². The molecule has 0 bridgehead atoms. The van der Waals surface area contributed by atoms with Gasteiger partial charge in [-0.05, 0) is 19.1 Å². The van der Waals surface area contributed by atoms with E-state index in [9.17, 15) is 9.59 Å². The number of benzene rings is 1. The lowest BCUT2D eigenvalue weighted by Crippen LogP contribution is -2.21. The third kappa shape index (κ3) is 4.09. The van der Waals surface area contributed by atoms with Crippen LogP contribution in [0.2, 0.25) is 0 Å². The smallest absolute Gasteiger partial charge is 0.308 e. The first-order valence-electron chi connectivity index (χ1n) is 6.24. The molecule has 21 heavy (non-hydrogen) atoms. The van der Waals surface area contributed by atoms with E-state index >= 15 is 0 Å². The van der Waals surface area contributed by atoms with Crippen LogP contribution in [0, 0.1) is 6.92 Å². The number of H-pyrrole nitrogens is 1. The maximum absolute atomic E-state index is 11.8. The van der Waals surface area contributed by atoms with Crippen LogP contribution in [0.25, 0.3) is 0 Å². The van der Waals surface area contributed by atoms with Gasteiger partial charge in [-0.25, -0.2) is 4.98 Å². The number of nitrogen functional groups attached to an aromatic ring is 1. The maximum Gasteiger partial charge on any atom is 0.308 e. The van der Waals surface area contributed by atoms with Gasteiger partial charge >= 0.3 is 5.97 Å². The predicted molar refractivity (Wildman–Crippen MR) is 81.3 cm³/mol. The zero-order chi connectivity index (χ0) is 15.4. The molecule has 0 aliphatic rings. The number of carbonyl (C=O) groups is 1. The van der Waals surface area contributed by atoms with Crippen LogP contribution in [0.5, 0.6) is 0 Å². The van der Waals surface area contributed by atoms with Crippen molar-refractivity contribution >= 4 is 23.5 Å². The molecule has 0 saturated heterocycles. The third-order valence-corrected chi connectivity index (χ3v) is 3.79. The molecule has 0 unspecified atom stereocenters. The van der Waals surface area contributed by atoms with Crippen molar-refractivity contribution in [3.05, 3.63) is 51.6 Å². The van der Waals surface area contributed by atoms with Gasteiger partial charge in [-0.15, -0.1) is 11.8 Å². The average molecular weight is 305 g/mol. The third-order valence-electron chi connectivity index (χ3n) is 2.79. The number of anilines is 1. The van der Waals surface area contributed by atoms with E-state index in [1.54, 1.807) is 0 Å². The molecule has 7 heteroatoms. The number of hydrogen-bond acceptors (Lipinski definition) is 5. The molecule has 1 aromatic heterocycles. The average Bonchev–Trinajstić information content (AvgIpc) is 2.40. The van der Waals surface area contributed by atoms with Crippen molar-refractivity contribution in [3.63, 3.8) is 0 Å². The van der Waals surface area contributed by atoms with Gasteiger partial charge in [-0.1, -0.05) is 17.7 Å². The minimum Gasteiger partial charge on any atom is -0.481 e. The van der Waals surface area contributed by atoms with E-state index < -0.39 is 17.9 Å². The van der Waals surface area contributed by atoms with E-state index in [1.165, 1.54) is 11.8 Å². The Bertz CT molecular complexity index is 728. The van der Waals surface area contributed by atoms with Crippen LogP contribution in [0.15, 0.2) is 34.0 Å². The monoisotopic (exact) mass is 305 g/mol. The van der Waals surface area contributed by atoms with Gasteiger partial charge in [0.1, 0.15) is 11.6 Å². The second-order valence-corrected chi connectivity index (χ2v) is 5.60. The van der Waals surface area contributed by atoms with Crippen LogP contribution in [0.4, 0.5) is 5.82 Å². The van der Waals surface area contributed by atoms with Gasteiger partial charge in [0.15, 0.2) is 0 Å².